The number of carbonyl (C=O) groups excluding carboxylic acids is 2. The fraction of sp³-hybridized carbons (Fsp3) is 0.500. The second kappa shape index (κ2) is 4.93. The van der Waals surface area contributed by atoms with Crippen molar-refractivity contribution in [2.24, 2.45) is 5.41 Å². The van der Waals surface area contributed by atoms with Gasteiger partial charge in [0, 0.05) is 12.8 Å². The van der Waals surface area contributed by atoms with Crippen molar-refractivity contribution in [1.29, 1.82) is 0 Å². The number of imide groups is 1. The summed E-state index contributed by atoms with van der Waals surface area (Å²) in [6, 6.07) is 7.19. The number of para-hydroxylation sites is 2. The third kappa shape index (κ3) is 2.09. The highest BCUT2D eigenvalue weighted by Gasteiger charge is 2.45. The fourth-order valence-electron chi connectivity index (χ4n) is 3.56. The summed E-state index contributed by atoms with van der Waals surface area (Å²) < 4.78 is 5.27. The van der Waals surface area contributed by atoms with Crippen LogP contribution >= 0.6 is 0 Å². The summed E-state index contributed by atoms with van der Waals surface area (Å²) in [6.45, 7) is 0. The van der Waals surface area contributed by atoms with Crippen molar-refractivity contribution >= 4 is 17.5 Å². The van der Waals surface area contributed by atoms with Crippen LogP contribution < -0.4 is 9.64 Å². The van der Waals surface area contributed by atoms with Crippen LogP contribution in [0.15, 0.2) is 24.3 Å². The molecule has 1 aromatic rings. The summed E-state index contributed by atoms with van der Waals surface area (Å²) >= 11 is 0. The minimum atomic E-state index is -0.0901. The Bertz CT molecular complexity index is 526. The molecule has 1 saturated heterocycles. The topological polar surface area (TPSA) is 46.6 Å². The zero-order valence-electron chi connectivity index (χ0n) is 11.7. The Morgan fingerprint density at radius 2 is 1.65 bits per heavy atom. The van der Waals surface area contributed by atoms with Crippen molar-refractivity contribution in [1.82, 2.24) is 0 Å². The molecule has 1 aliphatic carbocycles. The van der Waals surface area contributed by atoms with Gasteiger partial charge in [-0.25, -0.2) is 4.90 Å². The molecule has 106 valence electrons. The normalized spacial score (nSPS) is 21.6. The van der Waals surface area contributed by atoms with Gasteiger partial charge >= 0.3 is 0 Å². The highest BCUT2D eigenvalue weighted by Crippen LogP contribution is 2.48. The first-order chi connectivity index (χ1) is 9.65. The molecule has 0 aromatic heterocycles. The number of nitrogens with zero attached hydrogens (tertiary/aromatic N) is 1. The molecule has 0 unspecified atom stereocenters. The number of methoxy groups -OCH3 is 1. The fourth-order valence-corrected chi connectivity index (χ4v) is 3.56. The molecule has 0 N–H and O–H groups in total. The van der Waals surface area contributed by atoms with Gasteiger partial charge in [0.2, 0.25) is 11.8 Å². The number of anilines is 1. The van der Waals surface area contributed by atoms with E-state index in [9.17, 15) is 9.59 Å². The molecule has 0 bridgehead atoms. The third-order valence-corrected chi connectivity index (χ3v) is 4.54. The van der Waals surface area contributed by atoms with Crippen LogP contribution in [0.5, 0.6) is 5.75 Å². The van der Waals surface area contributed by atoms with Crippen molar-refractivity contribution in [2.75, 3.05) is 12.0 Å². The molecule has 1 aliphatic heterocycles. The number of carbonyl (C=O) groups is 2. The second-order valence-electron chi connectivity index (χ2n) is 5.86. The monoisotopic (exact) mass is 273 g/mol. The first-order valence-corrected chi connectivity index (χ1v) is 7.14. The van der Waals surface area contributed by atoms with E-state index < -0.39 is 0 Å². The quantitative estimate of drug-likeness (QED) is 0.778. The Labute approximate surface area is 118 Å². The summed E-state index contributed by atoms with van der Waals surface area (Å²) in [5, 5.41) is 0. The van der Waals surface area contributed by atoms with Gasteiger partial charge in [0.25, 0.3) is 0 Å². The van der Waals surface area contributed by atoms with Crippen LogP contribution in [0.4, 0.5) is 5.69 Å². The highest BCUT2D eigenvalue weighted by atomic mass is 16.5. The van der Waals surface area contributed by atoms with Gasteiger partial charge in [-0.15, -0.1) is 0 Å². The van der Waals surface area contributed by atoms with Crippen molar-refractivity contribution in [3.05, 3.63) is 24.3 Å². The maximum absolute atomic E-state index is 12.5. The average Bonchev–Trinajstić information content (AvgIpc) is 2.86. The number of piperidine rings is 1. The highest BCUT2D eigenvalue weighted by molar-refractivity contribution is 6.17. The zero-order valence-corrected chi connectivity index (χ0v) is 11.7. The first-order valence-electron chi connectivity index (χ1n) is 7.14. The summed E-state index contributed by atoms with van der Waals surface area (Å²) in [4.78, 5) is 26.3. The van der Waals surface area contributed by atoms with Crippen LogP contribution in [-0.2, 0) is 9.59 Å². The van der Waals surface area contributed by atoms with Gasteiger partial charge in [-0.2, -0.15) is 0 Å². The van der Waals surface area contributed by atoms with Gasteiger partial charge in [-0.05, 0) is 30.4 Å². The molecule has 0 radical (unpaired) electrons. The number of benzene rings is 1. The predicted molar refractivity (Wildman–Crippen MR) is 75.6 cm³/mol. The van der Waals surface area contributed by atoms with Crippen LogP contribution in [0.3, 0.4) is 0 Å². The first kappa shape index (κ1) is 13.2. The van der Waals surface area contributed by atoms with E-state index in [-0.39, 0.29) is 17.2 Å². The molecule has 1 spiro atoms. The Morgan fingerprint density at radius 1 is 1.05 bits per heavy atom. The van der Waals surface area contributed by atoms with Crippen molar-refractivity contribution in [2.45, 2.75) is 38.5 Å². The van der Waals surface area contributed by atoms with E-state index in [4.69, 9.17) is 4.74 Å². The van der Waals surface area contributed by atoms with Gasteiger partial charge in [0.05, 0.1) is 12.8 Å². The van der Waals surface area contributed by atoms with Gasteiger partial charge in [0.15, 0.2) is 0 Å². The lowest BCUT2D eigenvalue weighted by atomic mass is 9.76. The van der Waals surface area contributed by atoms with Crippen LogP contribution in [-0.4, -0.2) is 18.9 Å². The molecular formula is C16H19NO3. The van der Waals surface area contributed by atoms with E-state index in [2.05, 4.69) is 0 Å². The van der Waals surface area contributed by atoms with E-state index >= 15 is 0 Å². The Morgan fingerprint density at radius 3 is 2.25 bits per heavy atom. The molecule has 3 rings (SSSR count). The number of rotatable bonds is 2. The zero-order chi connectivity index (χ0) is 14.2. The molecule has 0 atom stereocenters. The summed E-state index contributed by atoms with van der Waals surface area (Å²) in [7, 11) is 1.55. The molecule has 2 fully saturated rings. The minimum Gasteiger partial charge on any atom is -0.495 e. The molecule has 4 heteroatoms. The van der Waals surface area contributed by atoms with Crippen molar-refractivity contribution < 1.29 is 14.3 Å². The molecule has 2 aliphatic rings. The Hall–Kier alpha value is -1.84. The lowest BCUT2D eigenvalue weighted by Gasteiger charge is -2.37. The number of hydrogen-bond acceptors (Lipinski definition) is 3. The summed E-state index contributed by atoms with van der Waals surface area (Å²) in [5.74, 6) is 0.386. The van der Waals surface area contributed by atoms with Crippen molar-refractivity contribution in [3.63, 3.8) is 0 Å². The van der Waals surface area contributed by atoms with Crippen LogP contribution in [0.25, 0.3) is 0 Å². The summed E-state index contributed by atoms with van der Waals surface area (Å²) in [6.07, 6.45) is 5.24. The SMILES string of the molecule is COc1ccccc1N1C(=O)CC2(CCCC2)CC1=O. The molecule has 1 saturated carbocycles. The molecule has 20 heavy (non-hydrogen) atoms. The van der Waals surface area contributed by atoms with Crippen LogP contribution in [0.1, 0.15) is 38.5 Å². The molecule has 1 heterocycles. The maximum atomic E-state index is 12.5. The molecule has 1 aromatic carbocycles. The van der Waals surface area contributed by atoms with E-state index in [0.717, 1.165) is 25.7 Å². The lowest BCUT2D eigenvalue weighted by molar-refractivity contribution is -0.133. The van der Waals surface area contributed by atoms with Gasteiger partial charge in [-0.3, -0.25) is 9.59 Å². The van der Waals surface area contributed by atoms with E-state index in [0.29, 0.717) is 24.3 Å². The Balaban J connectivity index is 1.92. The van der Waals surface area contributed by atoms with Gasteiger partial charge in [-0.1, -0.05) is 25.0 Å². The van der Waals surface area contributed by atoms with Gasteiger partial charge < -0.3 is 4.74 Å². The Kier molecular flexibility index (Phi) is 3.24. The minimum absolute atomic E-state index is 0.0628. The lowest BCUT2D eigenvalue weighted by Crippen LogP contribution is -2.47. The van der Waals surface area contributed by atoms with Crippen LogP contribution in [0.2, 0.25) is 0 Å². The van der Waals surface area contributed by atoms with Crippen LogP contribution in [0, 0.1) is 5.41 Å². The smallest absolute Gasteiger partial charge is 0.234 e. The maximum Gasteiger partial charge on any atom is 0.234 e. The largest absolute Gasteiger partial charge is 0.495 e. The number of ether oxygens (including phenoxy) is 1. The standard InChI is InChI=1S/C16H19NO3/c1-20-13-7-3-2-6-12(13)17-14(18)10-16(11-15(17)19)8-4-5-9-16/h2-3,6-7H,4-5,8-11H2,1H3. The number of amides is 2. The number of hydrogen-bond donors (Lipinski definition) is 0. The third-order valence-electron chi connectivity index (χ3n) is 4.54. The van der Waals surface area contributed by atoms with E-state index in [1.54, 1.807) is 19.2 Å². The summed E-state index contributed by atoms with van der Waals surface area (Å²) in [5.41, 5.74) is 0.505. The second-order valence-corrected chi connectivity index (χ2v) is 5.86. The molecular weight excluding hydrogens is 254 g/mol. The predicted octanol–water partition coefficient (Wildman–Crippen LogP) is 2.91. The van der Waals surface area contributed by atoms with Gasteiger partial charge in [0.1, 0.15) is 5.75 Å². The molecule has 2 amide bonds. The van der Waals surface area contributed by atoms with E-state index in [1.165, 1.54) is 4.90 Å². The molecule has 4 nitrogen and oxygen atoms in total. The average molecular weight is 273 g/mol. The van der Waals surface area contributed by atoms with Crippen molar-refractivity contribution in [3.8, 4) is 5.75 Å². The van der Waals surface area contributed by atoms with E-state index in [1.807, 2.05) is 12.1 Å².